The molecule has 1 aliphatic rings. The summed E-state index contributed by atoms with van der Waals surface area (Å²) in [5.74, 6) is 0.507. The van der Waals surface area contributed by atoms with Crippen LogP contribution >= 0.6 is 19.3 Å². The van der Waals surface area contributed by atoms with Gasteiger partial charge in [0.25, 0.3) is 0 Å². The van der Waals surface area contributed by atoms with E-state index in [0.29, 0.717) is 17.3 Å². The fourth-order valence-corrected chi connectivity index (χ4v) is 3.52. The van der Waals surface area contributed by atoms with Crippen molar-refractivity contribution >= 4 is 25.0 Å². The van der Waals surface area contributed by atoms with Gasteiger partial charge in [-0.05, 0) is 35.9 Å². The molecule has 19 heavy (non-hydrogen) atoms. The van der Waals surface area contributed by atoms with Gasteiger partial charge in [-0.3, -0.25) is 5.09 Å². The molecule has 0 fully saturated rings. The minimum Gasteiger partial charge on any atom is -0.418 e. The molecule has 0 saturated heterocycles. The molecule has 1 aliphatic heterocycles. The Morgan fingerprint density at radius 3 is 2.63 bits per heavy atom. The topological polar surface area (TPSA) is 50.4 Å². The summed E-state index contributed by atoms with van der Waals surface area (Å²) in [6, 6.07) is 14.5. The van der Waals surface area contributed by atoms with Gasteiger partial charge in [-0.25, -0.2) is 9.65 Å². The van der Waals surface area contributed by atoms with Crippen LogP contribution in [0, 0.1) is 0 Å². The summed E-state index contributed by atoms with van der Waals surface area (Å²) in [5, 5.41) is 6.44. The van der Waals surface area contributed by atoms with Crippen molar-refractivity contribution in [1.29, 1.82) is 0 Å². The van der Waals surface area contributed by atoms with Crippen LogP contribution in [-0.2, 0) is 11.1 Å². The maximum atomic E-state index is 12.6. The maximum Gasteiger partial charge on any atom is 0.417 e. The Bertz CT molecular complexity index is 645. The average Bonchev–Trinajstić information content (AvgIpc) is 2.41. The third-order valence-electron chi connectivity index (χ3n) is 2.81. The van der Waals surface area contributed by atoms with Gasteiger partial charge in [0.2, 0.25) is 0 Å². The van der Waals surface area contributed by atoms with E-state index < -0.39 is 7.67 Å². The van der Waals surface area contributed by atoms with Crippen molar-refractivity contribution in [3.63, 3.8) is 0 Å². The molecule has 2 aromatic carbocycles. The van der Waals surface area contributed by atoms with Crippen LogP contribution in [-0.4, -0.2) is 0 Å². The van der Waals surface area contributed by atoms with Crippen LogP contribution in [0.5, 0.6) is 5.75 Å². The Morgan fingerprint density at radius 1 is 1.11 bits per heavy atom. The van der Waals surface area contributed by atoms with Gasteiger partial charge in [0, 0.05) is 17.3 Å². The molecular weight excluding hydrogens is 283 g/mol. The molecule has 0 radical (unpaired) electrons. The molecule has 1 atom stereocenters. The van der Waals surface area contributed by atoms with Gasteiger partial charge in [0.05, 0.1) is 0 Å². The largest absolute Gasteiger partial charge is 0.418 e. The first-order chi connectivity index (χ1) is 9.15. The first kappa shape index (κ1) is 12.5. The van der Waals surface area contributed by atoms with E-state index in [0.717, 1.165) is 11.3 Å². The summed E-state index contributed by atoms with van der Waals surface area (Å²) in [7, 11) is -3.13. The van der Waals surface area contributed by atoms with Gasteiger partial charge in [-0.1, -0.05) is 29.8 Å². The van der Waals surface area contributed by atoms with Gasteiger partial charge in [-0.15, -0.1) is 0 Å². The molecule has 0 bridgehead atoms. The molecule has 4 nitrogen and oxygen atoms in total. The van der Waals surface area contributed by atoms with Crippen molar-refractivity contribution in [2.24, 2.45) is 0 Å². The zero-order valence-corrected chi connectivity index (χ0v) is 11.6. The SMILES string of the molecule is O=P1(Oc2ccc(Cl)cc2)NCc2ccccc2N1. The van der Waals surface area contributed by atoms with Gasteiger partial charge >= 0.3 is 7.67 Å². The van der Waals surface area contributed by atoms with Crippen LogP contribution in [0.1, 0.15) is 5.56 Å². The minimum absolute atomic E-state index is 0.507. The molecular formula is C13H12ClN2O2P. The number of halogens is 1. The Balaban J connectivity index is 1.82. The number of nitrogens with one attached hydrogen (secondary N) is 2. The first-order valence-corrected chi connectivity index (χ1v) is 7.81. The van der Waals surface area contributed by atoms with Crippen LogP contribution in [0.15, 0.2) is 48.5 Å². The Hall–Kier alpha value is -1.48. The fourth-order valence-electron chi connectivity index (χ4n) is 1.87. The molecule has 3 rings (SSSR count). The van der Waals surface area contributed by atoms with Gasteiger partial charge in [0.15, 0.2) is 0 Å². The lowest BCUT2D eigenvalue weighted by Crippen LogP contribution is -2.25. The number of fused-ring (bicyclic) bond motifs is 1. The molecule has 0 spiro atoms. The number of benzene rings is 2. The number of para-hydroxylation sites is 1. The van der Waals surface area contributed by atoms with Gasteiger partial charge in [0.1, 0.15) is 5.75 Å². The molecule has 0 aromatic heterocycles. The highest BCUT2D eigenvalue weighted by Gasteiger charge is 2.29. The summed E-state index contributed by atoms with van der Waals surface area (Å²) in [4.78, 5) is 0. The summed E-state index contributed by atoms with van der Waals surface area (Å²) in [6.07, 6.45) is 0. The van der Waals surface area contributed by atoms with E-state index in [-0.39, 0.29) is 0 Å². The van der Waals surface area contributed by atoms with Gasteiger partial charge in [-0.2, -0.15) is 0 Å². The monoisotopic (exact) mass is 294 g/mol. The lowest BCUT2D eigenvalue weighted by Gasteiger charge is -2.27. The van der Waals surface area contributed by atoms with Crippen molar-refractivity contribution in [2.45, 2.75) is 6.54 Å². The van der Waals surface area contributed by atoms with E-state index in [4.69, 9.17) is 16.1 Å². The van der Waals surface area contributed by atoms with E-state index in [2.05, 4.69) is 10.2 Å². The summed E-state index contributed by atoms with van der Waals surface area (Å²) in [5.41, 5.74) is 1.90. The van der Waals surface area contributed by atoms with Crippen molar-refractivity contribution < 1.29 is 9.09 Å². The Labute approximate surface area is 116 Å². The second-order valence-corrected chi connectivity index (χ2v) is 6.46. The van der Waals surface area contributed by atoms with E-state index in [1.54, 1.807) is 24.3 Å². The van der Waals surface area contributed by atoms with Crippen molar-refractivity contribution in [3.8, 4) is 5.75 Å². The fraction of sp³-hybridized carbons (Fsp3) is 0.0769. The second kappa shape index (κ2) is 4.89. The molecule has 2 N–H and O–H groups in total. The lowest BCUT2D eigenvalue weighted by molar-refractivity contribution is 0.470. The third-order valence-corrected chi connectivity index (χ3v) is 4.64. The molecule has 6 heteroatoms. The van der Waals surface area contributed by atoms with Crippen LogP contribution in [0.25, 0.3) is 0 Å². The molecule has 1 heterocycles. The zero-order chi connectivity index (χ0) is 13.3. The number of rotatable bonds is 2. The Kier molecular flexibility index (Phi) is 3.23. The molecule has 98 valence electrons. The molecule has 2 aromatic rings. The standard InChI is InChI=1S/C13H12ClN2O2P/c14-11-5-7-12(8-6-11)18-19(17)15-9-10-3-1-2-4-13(10)16-19/h1-8H,9H2,(H2,15,16,17). The molecule has 0 saturated carbocycles. The zero-order valence-electron chi connectivity index (χ0n) is 9.97. The highest BCUT2D eigenvalue weighted by Crippen LogP contribution is 2.47. The smallest absolute Gasteiger partial charge is 0.417 e. The van der Waals surface area contributed by atoms with Crippen molar-refractivity contribution in [1.82, 2.24) is 5.09 Å². The third kappa shape index (κ3) is 2.76. The van der Waals surface area contributed by atoms with E-state index in [1.807, 2.05) is 24.3 Å². The van der Waals surface area contributed by atoms with Crippen molar-refractivity contribution in [3.05, 3.63) is 59.1 Å². The van der Waals surface area contributed by atoms with Crippen LogP contribution in [0.4, 0.5) is 5.69 Å². The van der Waals surface area contributed by atoms with Gasteiger partial charge < -0.3 is 4.52 Å². The predicted molar refractivity (Wildman–Crippen MR) is 76.6 cm³/mol. The normalized spacial score (nSPS) is 21.3. The highest BCUT2D eigenvalue weighted by molar-refractivity contribution is 7.58. The first-order valence-electron chi connectivity index (χ1n) is 5.81. The Morgan fingerprint density at radius 2 is 1.84 bits per heavy atom. The van der Waals surface area contributed by atoms with E-state index in [1.165, 1.54) is 0 Å². The van der Waals surface area contributed by atoms with E-state index in [9.17, 15) is 4.57 Å². The predicted octanol–water partition coefficient (Wildman–Crippen LogP) is 4.04. The average molecular weight is 295 g/mol. The highest BCUT2D eigenvalue weighted by atomic mass is 35.5. The second-order valence-electron chi connectivity index (χ2n) is 4.20. The lowest BCUT2D eigenvalue weighted by atomic mass is 10.2. The minimum atomic E-state index is -3.13. The molecule has 0 aliphatic carbocycles. The summed E-state index contributed by atoms with van der Waals surface area (Å²) < 4.78 is 18.1. The van der Waals surface area contributed by atoms with Crippen molar-refractivity contribution in [2.75, 3.05) is 5.09 Å². The van der Waals surface area contributed by atoms with E-state index >= 15 is 0 Å². The molecule has 1 unspecified atom stereocenters. The number of anilines is 1. The number of hydrogen-bond acceptors (Lipinski definition) is 2. The number of hydrogen-bond donors (Lipinski definition) is 2. The van der Waals surface area contributed by atoms with Crippen LogP contribution in [0.2, 0.25) is 5.02 Å². The van der Waals surface area contributed by atoms with Crippen LogP contribution < -0.4 is 14.7 Å². The quantitative estimate of drug-likeness (QED) is 0.821. The maximum absolute atomic E-state index is 12.6. The summed E-state index contributed by atoms with van der Waals surface area (Å²) >= 11 is 5.80. The van der Waals surface area contributed by atoms with Crippen LogP contribution in [0.3, 0.4) is 0 Å². The summed E-state index contributed by atoms with van der Waals surface area (Å²) in [6.45, 7) is 0.508. The molecule has 0 amide bonds.